The van der Waals surface area contributed by atoms with E-state index in [0.717, 1.165) is 39.6 Å². The molecule has 0 amide bonds. The minimum Gasteiger partial charge on any atom is -0.313 e. The van der Waals surface area contributed by atoms with Gasteiger partial charge in [0.15, 0.2) is 4.34 Å². The highest BCUT2D eigenvalue weighted by molar-refractivity contribution is 8.01. The van der Waals surface area contributed by atoms with E-state index in [4.69, 9.17) is 0 Å². The maximum Gasteiger partial charge on any atom is 0.180 e. The van der Waals surface area contributed by atoms with Gasteiger partial charge in [0.05, 0.1) is 5.69 Å². The lowest BCUT2D eigenvalue weighted by Gasteiger charge is -2.05. The third-order valence-electron chi connectivity index (χ3n) is 2.71. The van der Waals surface area contributed by atoms with Crippen molar-refractivity contribution in [2.75, 3.05) is 6.54 Å². The molecule has 1 N–H and O–H groups in total. The highest BCUT2D eigenvalue weighted by atomic mass is 32.2. The fraction of sp³-hybridized carbons (Fsp3) is 0.583. The molecule has 2 aromatic rings. The number of aromatic nitrogens is 4. The average molecular weight is 297 g/mol. The normalized spacial score (nSPS) is 11.2. The number of hydrogen-bond acceptors (Lipinski definition) is 6. The number of rotatable bonds is 6. The van der Waals surface area contributed by atoms with Crippen LogP contribution < -0.4 is 5.32 Å². The Bertz CT molecular complexity index is 546. The van der Waals surface area contributed by atoms with Crippen molar-refractivity contribution >= 4 is 23.1 Å². The molecule has 5 nitrogen and oxygen atoms in total. The van der Waals surface area contributed by atoms with Gasteiger partial charge in [0.2, 0.25) is 0 Å². The molecule has 0 saturated heterocycles. The van der Waals surface area contributed by atoms with E-state index in [1.54, 1.807) is 23.1 Å². The number of hydrogen-bond donors (Lipinski definition) is 1. The first-order valence-corrected chi connectivity index (χ1v) is 7.96. The molecule has 0 aliphatic heterocycles. The lowest BCUT2D eigenvalue weighted by molar-refractivity contribution is 0.653. The molecule has 0 bridgehead atoms. The van der Waals surface area contributed by atoms with Crippen LogP contribution in [0.15, 0.2) is 9.37 Å². The van der Waals surface area contributed by atoms with Crippen LogP contribution in [-0.4, -0.2) is 26.5 Å². The topological polar surface area (TPSA) is 55.6 Å². The second-order valence-electron chi connectivity index (χ2n) is 4.36. The minimum atomic E-state index is 0.855. The molecular weight excluding hydrogens is 278 g/mol. The molecule has 7 heteroatoms. The Kier molecular flexibility index (Phi) is 4.95. The Balaban J connectivity index is 2.18. The SMILES string of the molecule is CCCNCc1c(C)nn(C)c1Sc1nnc(C)s1. The van der Waals surface area contributed by atoms with Gasteiger partial charge in [-0.05, 0) is 38.6 Å². The van der Waals surface area contributed by atoms with Gasteiger partial charge in [0.25, 0.3) is 0 Å². The predicted molar refractivity (Wildman–Crippen MR) is 78.7 cm³/mol. The monoisotopic (exact) mass is 297 g/mol. The maximum atomic E-state index is 4.50. The van der Waals surface area contributed by atoms with Crippen LogP contribution in [0, 0.1) is 13.8 Å². The van der Waals surface area contributed by atoms with Crippen LogP contribution in [0.1, 0.15) is 29.6 Å². The summed E-state index contributed by atoms with van der Waals surface area (Å²) in [5.74, 6) is 0. The lowest BCUT2D eigenvalue weighted by atomic mass is 10.2. The molecule has 2 aromatic heterocycles. The van der Waals surface area contributed by atoms with Crippen LogP contribution in [-0.2, 0) is 13.6 Å². The molecule has 0 aromatic carbocycles. The van der Waals surface area contributed by atoms with Crippen LogP contribution in [0.3, 0.4) is 0 Å². The smallest absolute Gasteiger partial charge is 0.180 e. The first-order valence-electron chi connectivity index (χ1n) is 6.33. The van der Waals surface area contributed by atoms with Crippen LogP contribution in [0.2, 0.25) is 0 Å². The molecule has 2 rings (SSSR count). The molecule has 0 aliphatic rings. The molecule has 0 spiro atoms. The first kappa shape index (κ1) is 14.5. The van der Waals surface area contributed by atoms with Gasteiger partial charge in [-0.15, -0.1) is 10.2 Å². The molecule has 104 valence electrons. The Morgan fingerprint density at radius 1 is 1.32 bits per heavy atom. The molecule has 0 fully saturated rings. The summed E-state index contributed by atoms with van der Waals surface area (Å²) in [6.07, 6.45) is 1.14. The van der Waals surface area contributed by atoms with E-state index < -0.39 is 0 Å². The van der Waals surface area contributed by atoms with E-state index in [1.165, 1.54) is 5.56 Å². The molecule has 2 heterocycles. The minimum absolute atomic E-state index is 0.855. The van der Waals surface area contributed by atoms with E-state index in [1.807, 2.05) is 18.7 Å². The number of nitrogens with zero attached hydrogens (tertiary/aromatic N) is 4. The molecule has 0 aliphatic carbocycles. The van der Waals surface area contributed by atoms with Crippen LogP contribution in [0.5, 0.6) is 0 Å². The van der Waals surface area contributed by atoms with Gasteiger partial charge in [0, 0.05) is 19.2 Å². The third kappa shape index (κ3) is 3.55. The van der Waals surface area contributed by atoms with Gasteiger partial charge in [0.1, 0.15) is 10.0 Å². The van der Waals surface area contributed by atoms with E-state index >= 15 is 0 Å². The van der Waals surface area contributed by atoms with Gasteiger partial charge in [-0.1, -0.05) is 18.3 Å². The quantitative estimate of drug-likeness (QED) is 0.830. The molecular formula is C12H19N5S2. The summed E-state index contributed by atoms with van der Waals surface area (Å²) in [4.78, 5) is 0. The number of nitrogens with one attached hydrogen (secondary N) is 1. The highest BCUT2D eigenvalue weighted by Crippen LogP contribution is 2.33. The lowest BCUT2D eigenvalue weighted by Crippen LogP contribution is -2.14. The van der Waals surface area contributed by atoms with Crippen molar-refractivity contribution in [1.82, 2.24) is 25.3 Å². The summed E-state index contributed by atoms with van der Waals surface area (Å²) < 4.78 is 2.90. The Morgan fingerprint density at radius 3 is 2.74 bits per heavy atom. The Hall–Kier alpha value is -0.920. The highest BCUT2D eigenvalue weighted by Gasteiger charge is 2.16. The van der Waals surface area contributed by atoms with Crippen LogP contribution in [0.4, 0.5) is 0 Å². The summed E-state index contributed by atoms with van der Waals surface area (Å²) in [5.41, 5.74) is 2.34. The largest absolute Gasteiger partial charge is 0.313 e. The van der Waals surface area contributed by atoms with Crippen LogP contribution >= 0.6 is 23.1 Å². The van der Waals surface area contributed by atoms with Crippen molar-refractivity contribution in [3.8, 4) is 0 Å². The standard InChI is InChI=1S/C12H19N5S2/c1-5-6-13-7-10-8(2)16-17(4)11(10)19-12-15-14-9(3)18-12/h13H,5-7H2,1-4H3. The molecule has 0 saturated carbocycles. The average Bonchev–Trinajstić information content (AvgIpc) is 2.88. The van der Waals surface area contributed by atoms with Crippen molar-refractivity contribution in [3.63, 3.8) is 0 Å². The summed E-state index contributed by atoms with van der Waals surface area (Å²) >= 11 is 3.26. The van der Waals surface area contributed by atoms with Crippen molar-refractivity contribution in [1.29, 1.82) is 0 Å². The molecule has 0 unspecified atom stereocenters. The summed E-state index contributed by atoms with van der Waals surface area (Å²) in [6, 6.07) is 0. The van der Waals surface area contributed by atoms with Crippen molar-refractivity contribution in [2.45, 2.75) is 43.1 Å². The molecule has 19 heavy (non-hydrogen) atoms. The third-order valence-corrected chi connectivity index (χ3v) is 4.80. The van der Waals surface area contributed by atoms with E-state index in [-0.39, 0.29) is 0 Å². The zero-order chi connectivity index (χ0) is 13.8. The number of aryl methyl sites for hydroxylation is 3. The zero-order valence-corrected chi connectivity index (χ0v) is 13.4. The van der Waals surface area contributed by atoms with Crippen molar-refractivity contribution < 1.29 is 0 Å². The maximum absolute atomic E-state index is 4.50. The van der Waals surface area contributed by atoms with Crippen LogP contribution in [0.25, 0.3) is 0 Å². The molecule has 0 radical (unpaired) electrons. The Labute approximate surface area is 121 Å². The summed E-state index contributed by atoms with van der Waals surface area (Å²) in [6.45, 7) is 8.07. The fourth-order valence-electron chi connectivity index (χ4n) is 1.80. The van der Waals surface area contributed by atoms with Gasteiger partial charge in [-0.2, -0.15) is 5.10 Å². The van der Waals surface area contributed by atoms with E-state index in [2.05, 4.69) is 34.5 Å². The van der Waals surface area contributed by atoms with E-state index in [9.17, 15) is 0 Å². The second-order valence-corrected chi connectivity index (χ2v) is 6.78. The van der Waals surface area contributed by atoms with Crippen molar-refractivity contribution in [2.24, 2.45) is 7.05 Å². The van der Waals surface area contributed by atoms with Crippen molar-refractivity contribution in [3.05, 3.63) is 16.3 Å². The second kappa shape index (κ2) is 6.49. The first-order chi connectivity index (χ1) is 9.11. The van der Waals surface area contributed by atoms with Gasteiger partial charge in [-0.25, -0.2) is 0 Å². The fourth-order valence-corrected chi connectivity index (χ4v) is 3.75. The summed E-state index contributed by atoms with van der Waals surface area (Å²) in [5, 5.41) is 18.3. The van der Waals surface area contributed by atoms with Gasteiger partial charge < -0.3 is 5.32 Å². The molecule has 0 atom stereocenters. The predicted octanol–water partition coefficient (Wildman–Crippen LogP) is 2.54. The Morgan fingerprint density at radius 2 is 2.11 bits per heavy atom. The van der Waals surface area contributed by atoms with Gasteiger partial charge in [-0.3, -0.25) is 4.68 Å². The zero-order valence-electron chi connectivity index (χ0n) is 11.7. The summed E-state index contributed by atoms with van der Waals surface area (Å²) in [7, 11) is 1.98. The van der Waals surface area contributed by atoms with Gasteiger partial charge >= 0.3 is 0 Å². The van der Waals surface area contributed by atoms with E-state index in [0.29, 0.717) is 0 Å².